The first kappa shape index (κ1) is 8.55. The third-order valence-corrected chi connectivity index (χ3v) is 1.24. The molecule has 0 aliphatic heterocycles. The average molecular weight is 340 g/mol. The Hall–Kier alpha value is 1.55. The number of hydrogen-bond donors (Lipinski definition) is 1. The predicted octanol–water partition coefficient (Wildman–Crippen LogP) is 3.02. The number of hydrogen-bond acceptors (Lipinski definition) is 1. The highest BCUT2D eigenvalue weighted by atomic mass is 127. The van der Waals surface area contributed by atoms with E-state index in [1.165, 1.54) is 0 Å². The van der Waals surface area contributed by atoms with E-state index in [1.807, 2.05) is 17.1 Å². The first-order valence-electron chi connectivity index (χ1n) is 1.75. The van der Waals surface area contributed by atoms with E-state index < -0.39 is 0 Å². The molecule has 0 aliphatic rings. The molecule has 0 spiro atoms. The Morgan fingerprint density at radius 1 is 1.71 bits per heavy atom. The first-order valence-corrected chi connectivity index (χ1v) is 4.52. The summed E-state index contributed by atoms with van der Waals surface area (Å²) in [6.45, 7) is 2.03. The molecule has 0 fully saturated rings. The first-order chi connectivity index (χ1) is 3.06. The topological polar surface area (TPSA) is 0 Å². The fourth-order valence-electron chi connectivity index (χ4n) is 0.115. The maximum atomic E-state index is 4.23. The van der Waals surface area contributed by atoms with Gasteiger partial charge in [0.1, 0.15) is 0 Å². The fraction of sp³-hybridized carbons (Fsp3) is 0.500. The van der Waals surface area contributed by atoms with Crippen molar-refractivity contribution in [2.24, 2.45) is 0 Å². The maximum absolute atomic E-state index is 4.23. The normalized spacial score (nSPS) is 20.0. The summed E-state index contributed by atoms with van der Waals surface area (Å²) in [4.78, 5) is 0. The van der Waals surface area contributed by atoms with E-state index in [4.69, 9.17) is 0 Å². The molecule has 0 aromatic heterocycles. The summed E-state index contributed by atoms with van der Waals surface area (Å²) >= 11 is 8.66. The zero-order valence-electron chi connectivity index (χ0n) is 3.86. The highest BCUT2D eigenvalue weighted by molar-refractivity contribution is 14.1. The van der Waals surface area contributed by atoms with E-state index in [0.29, 0.717) is 0 Å². The van der Waals surface area contributed by atoms with Crippen molar-refractivity contribution in [1.29, 1.82) is 0 Å². The van der Waals surface area contributed by atoms with Crippen molar-refractivity contribution in [2.75, 3.05) is 0 Å². The largest absolute Gasteiger partial charge is 0.158 e. The zero-order chi connectivity index (χ0) is 5.91. The summed E-state index contributed by atoms with van der Waals surface area (Å²) in [5.74, 6) is 0. The van der Waals surface area contributed by atoms with Crippen LogP contribution in [0.15, 0.2) is 10.2 Å². The van der Waals surface area contributed by atoms with Gasteiger partial charge in [0.2, 0.25) is 0 Å². The van der Waals surface area contributed by atoms with Gasteiger partial charge in [-0.2, -0.15) is 12.6 Å². The molecule has 0 heterocycles. The standard InChI is InChI=1S/C4H6I2S/c1-4(6,7)2-3-5/h2-3,7H,1H3/b3-2-. The molecule has 42 valence electrons. The second-order valence-electron chi connectivity index (χ2n) is 1.32. The van der Waals surface area contributed by atoms with Gasteiger partial charge in [-0.05, 0) is 11.0 Å². The summed E-state index contributed by atoms with van der Waals surface area (Å²) < 4.78 is 2.00. The van der Waals surface area contributed by atoms with Gasteiger partial charge in [0.25, 0.3) is 0 Å². The average Bonchev–Trinajstić information content (AvgIpc) is 1.30. The third kappa shape index (κ3) is 7.55. The van der Waals surface area contributed by atoms with Crippen molar-refractivity contribution in [3.05, 3.63) is 10.2 Å². The molecule has 0 aliphatic carbocycles. The molecule has 0 N–H and O–H groups in total. The second kappa shape index (κ2) is 3.55. The number of alkyl halides is 1. The van der Waals surface area contributed by atoms with E-state index >= 15 is 0 Å². The van der Waals surface area contributed by atoms with Crippen LogP contribution in [0.5, 0.6) is 0 Å². The van der Waals surface area contributed by atoms with Crippen LogP contribution in [0.3, 0.4) is 0 Å². The molecular formula is C4H6I2S. The van der Waals surface area contributed by atoms with Crippen LogP contribution in [0.4, 0.5) is 0 Å². The Kier molecular flexibility index (Phi) is 4.34. The molecule has 0 saturated carbocycles. The second-order valence-corrected chi connectivity index (χ2v) is 6.06. The molecule has 0 rings (SSSR count). The quantitative estimate of drug-likeness (QED) is 0.424. The van der Waals surface area contributed by atoms with Crippen molar-refractivity contribution in [3.8, 4) is 0 Å². The highest BCUT2D eigenvalue weighted by Gasteiger charge is 2.05. The molecule has 0 amide bonds. The Labute approximate surface area is 76.8 Å². The SMILES string of the molecule is CC(S)(I)/C=C\I. The van der Waals surface area contributed by atoms with Gasteiger partial charge in [-0.25, -0.2) is 0 Å². The van der Waals surface area contributed by atoms with E-state index in [2.05, 4.69) is 57.8 Å². The van der Waals surface area contributed by atoms with Crippen LogP contribution in [0.25, 0.3) is 0 Å². The highest BCUT2D eigenvalue weighted by Crippen LogP contribution is 2.24. The minimum absolute atomic E-state index is 0.0267. The summed E-state index contributed by atoms with van der Waals surface area (Å²) in [7, 11) is 0. The van der Waals surface area contributed by atoms with Gasteiger partial charge in [0.05, 0.1) is 2.75 Å². The molecule has 0 aromatic rings. The third-order valence-electron chi connectivity index (χ3n) is 0.367. The van der Waals surface area contributed by atoms with E-state index in [-0.39, 0.29) is 2.75 Å². The minimum Gasteiger partial charge on any atom is -0.158 e. The van der Waals surface area contributed by atoms with Crippen LogP contribution in [0.1, 0.15) is 6.92 Å². The predicted molar refractivity (Wildman–Crippen MR) is 54.6 cm³/mol. The lowest BCUT2D eigenvalue weighted by Gasteiger charge is -2.05. The van der Waals surface area contributed by atoms with Gasteiger partial charge in [-0.3, -0.25) is 0 Å². The van der Waals surface area contributed by atoms with Crippen LogP contribution in [0, 0.1) is 0 Å². The molecule has 0 aromatic carbocycles. The van der Waals surface area contributed by atoms with Gasteiger partial charge in [-0.1, -0.05) is 51.3 Å². The van der Waals surface area contributed by atoms with Gasteiger partial charge in [-0.15, -0.1) is 0 Å². The number of halogens is 2. The van der Waals surface area contributed by atoms with Crippen LogP contribution in [0.2, 0.25) is 0 Å². The Morgan fingerprint density at radius 2 is 2.14 bits per heavy atom. The minimum atomic E-state index is 0.0267. The van der Waals surface area contributed by atoms with Crippen molar-refractivity contribution in [2.45, 2.75) is 9.68 Å². The lowest BCUT2D eigenvalue weighted by Crippen LogP contribution is -1.96. The van der Waals surface area contributed by atoms with Gasteiger partial charge in [0, 0.05) is 0 Å². The molecule has 0 bridgehead atoms. The molecule has 7 heavy (non-hydrogen) atoms. The van der Waals surface area contributed by atoms with Gasteiger partial charge in [0.15, 0.2) is 0 Å². The van der Waals surface area contributed by atoms with Gasteiger partial charge < -0.3 is 0 Å². The van der Waals surface area contributed by atoms with Crippen molar-refractivity contribution >= 4 is 57.8 Å². The lowest BCUT2D eigenvalue weighted by molar-refractivity contribution is 1.23. The van der Waals surface area contributed by atoms with Crippen LogP contribution in [-0.4, -0.2) is 2.75 Å². The van der Waals surface area contributed by atoms with Crippen LogP contribution >= 0.6 is 57.8 Å². The monoisotopic (exact) mass is 340 g/mol. The van der Waals surface area contributed by atoms with Crippen molar-refractivity contribution < 1.29 is 0 Å². The molecule has 3 heteroatoms. The van der Waals surface area contributed by atoms with E-state index in [0.717, 1.165) is 0 Å². The van der Waals surface area contributed by atoms with E-state index in [1.54, 1.807) is 0 Å². The zero-order valence-corrected chi connectivity index (χ0v) is 9.07. The fourth-order valence-corrected chi connectivity index (χ4v) is 2.06. The van der Waals surface area contributed by atoms with Crippen LogP contribution < -0.4 is 0 Å². The molecular weight excluding hydrogens is 334 g/mol. The molecule has 0 nitrogen and oxygen atoms in total. The molecule has 0 saturated heterocycles. The molecule has 1 unspecified atom stereocenters. The Morgan fingerprint density at radius 3 is 2.14 bits per heavy atom. The smallest absolute Gasteiger partial charge is 0.0802 e. The number of thiol groups is 1. The van der Waals surface area contributed by atoms with Crippen LogP contribution in [-0.2, 0) is 0 Å². The number of rotatable bonds is 1. The summed E-state index contributed by atoms with van der Waals surface area (Å²) in [6, 6.07) is 0. The molecule has 0 radical (unpaired) electrons. The van der Waals surface area contributed by atoms with Crippen molar-refractivity contribution in [1.82, 2.24) is 0 Å². The summed E-state index contributed by atoms with van der Waals surface area (Å²) in [5.41, 5.74) is 0. The Balaban J connectivity index is 3.56. The molecule has 1 atom stereocenters. The maximum Gasteiger partial charge on any atom is 0.0802 e. The Bertz CT molecular complexity index is 72.2. The van der Waals surface area contributed by atoms with Gasteiger partial charge >= 0.3 is 0 Å². The summed E-state index contributed by atoms with van der Waals surface area (Å²) in [5, 5.41) is 0. The summed E-state index contributed by atoms with van der Waals surface area (Å²) in [6.07, 6.45) is 2.03. The van der Waals surface area contributed by atoms with E-state index in [9.17, 15) is 0 Å². The van der Waals surface area contributed by atoms with Crippen molar-refractivity contribution in [3.63, 3.8) is 0 Å². The lowest BCUT2D eigenvalue weighted by atomic mass is 10.5.